The van der Waals surface area contributed by atoms with Gasteiger partial charge < -0.3 is 9.47 Å². The number of halogens is 3. The maximum absolute atomic E-state index is 13.0. The Morgan fingerprint density at radius 1 is 1.03 bits per heavy atom. The van der Waals surface area contributed by atoms with Crippen molar-refractivity contribution in [3.05, 3.63) is 70.9 Å². The van der Waals surface area contributed by atoms with Crippen molar-refractivity contribution in [3.8, 4) is 28.8 Å². The third-order valence-corrected chi connectivity index (χ3v) is 4.67. The number of pyridine rings is 1. The van der Waals surface area contributed by atoms with Crippen molar-refractivity contribution < 1.29 is 27.4 Å². The molecule has 0 saturated heterocycles. The zero-order valence-corrected chi connectivity index (χ0v) is 18.2. The van der Waals surface area contributed by atoms with Gasteiger partial charge in [-0.15, -0.1) is 13.2 Å². The second kappa shape index (κ2) is 10.1. The normalized spacial score (nSPS) is 10.8. The van der Waals surface area contributed by atoms with E-state index in [9.17, 15) is 18.0 Å². The molecule has 0 saturated carbocycles. The van der Waals surface area contributed by atoms with Gasteiger partial charge in [0.15, 0.2) is 0 Å². The molecule has 0 amide bonds. The Morgan fingerprint density at radius 2 is 1.82 bits per heavy atom. The summed E-state index contributed by atoms with van der Waals surface area (Å²) >= 11 is 0. The van der Waals surface area contributed by atoms with Gasteiger partial charge in [-0.2, -0.15) is 0 Å². The number of aryl methyl sites for hydroxylation is 2. The zero-order chi connectivity index (χ0) is 24.0. The number of rotatable bonds is 5. The van der Waals surface area contributed by atoms with Crippen molar-refractivity contribution in [1.82, 2.24) is 15.0 Å². The van der Waals surface area contributed by atoms with E-state index in [2.05, 4.69) is 36.3 Å². The Hall–Kier alpha value is -3.93. The van der Waals surface area contributed by atoms with E-state index in [-0.39, 0.29) is 11.1 Å². The number of nitrogens with zero attached hydrogens (tertiary/aromatic N) is 3. The Bertz CT molecular complexity index is 1210. The van der Waals surface area contributed by atoms with Crippen LogP contribution in [0.2, 0.25) is 0 Å². The molecule has 0 atom stereocenters. The van der Waals surface area contributed by atoms with Gasteiger partial charge >= 0.3 is 12.3 Å². The predicted octanol–water partition coefficient (Wildman–Crippen LogP) is 4.75. The van der Waals surface area contributed by atoms with Crippen LogP contribution in [0.5, 0.6) is 5.75 Å². The van der Waals surface area contributed by atoms with Gasteiger partial charge in [-0.1, -0.05) is 31.8 Å². The van der Waals surface area contributed by atoms with E-state index < -0.39 is 18.1 Å². The fraction of sp³-hybridized carbons (Fsp3) is 0.250. The minimum Gasteiger partial charge on any atom is -0.465 e. The lowest BCUT2D eigenvalue weighted by Gasteiger charge is -2.14. The average molecular weight is 455 g/mol. The number of carbonyl (C=O) groups is 1. The number of alkyl halides is 3. The molecule has 0 unspecified atom stereocenters. The molecule has 0 fully saturated rings. The summed E-state index contributed by atoms with van der Waals surface area (Å²) in [6, 6.07) is 7.46. The van der Waals surface area contributed by atoms with Gasteiger partial charge in [-0.3, -0.25) is 4.98 Å². The number of hydrogen-bond acceptors (Lipinski definition) is 6. The second-order valence-corrected chi connectivity index (χ2v) is 6.79. The van der Waals surface area contributed by atoms with Crippen LogP contribution in [0.4, 0.5) is 13.2 Å². The standard InChI is InChI=1S/C24H20F3N3O3/c1-4-17-9-6-15(13-28-17)7-10-18-20(5-2)29-14-30-22(18)16-8-11-19(23(31)32-3)21(12-16)33-24(25,26)27/h6,8-9,11-14H,4-5H2,1-3H3. The first kappa shape index (κ1) is 23.7. The summed E-state index contributed by atoms with van der Waals surface area (Å²) in [5, 5.41) is 0. The number of esters is 1. The molecule has 0 aliphatic heterocycles. The molecule has 1 aromatic carbocycles. The van der Waals surface area contributed by atoms with E-state index >= 15 is 0 Å². The van der Waals surface area contributed by atoms with Crippen molar-refractivity contribution in [3.63, 3.8) is 0 Å². The topological polar surface area (TPSA) is 74.2 Å². The number of hydrogen-bond donors (Lipinski definition) is 0. The lowest BCUT2D eigenvalue weighted by atomic mass is 10.0. The molecule has 2 aromatic heterocycles. The number of ether oxygens (including phenoxy) is 2. The van der Waals surface area contributed by atoms with Crippen molar-refractivity contribution in [2.75, 3.05) is 7.11 Å². The molecule has 3 rings (SSSR count). The number of aromatic nitrogens is 3. The molecule has 0 aliphatic carbocycles. The summed E-state index contributed by atoms with van der Waals surface area (Å²) in [5.41, 5.74) is 2.92. The van der Waals surface area contributed by atoms with Crippen molar-refractivity contribution >= 4 is 5.97 Å². The third kappa shape index (κ3) is 5.86. The Labute approximate surface area is 188 Å². The van der Waals surface area contributed by atoms with Crippen molar-refractivity contribution in [2.45, 2.75) is 33.1 Å². The molecule has 6 nitrogen and oxygen atoms in total. The van der Waals surface area contributed by atoms with Gasteiger partial charge in [-0.05, 0) is 37.1 Å². The first-order chi connectivity index (χ1) is 15.8. The SMILES string of the molecule is CCc1ccc(C#Cc2c(CC)ncnc2-c2ccc(C(=O)OC)c(OC(F)(F)F)c2)cn1. The summed E-state index contributed by atoms with van der Waals surface area (Å²) in [4.78, 5) is 24.7. The van der Waals surface area contributed by atoms with Crippen LogP contribution in [0.1, 0.15) is 46.7 Å². The van der Waals surface area contributed by atoms with Gasteiger partial charge in [0.2, 0.25) is 0 Å². The van der Waals surface area contributed by atoms with E-state index in [1.807, 2.05) is 26.0 Å². The van der Waals surface area contributed by atoms with E-state index in [0.29, 0.717) is 28.9 Å². The van der Waals surface area contributed by atoms with Gasteiger partial charge in [0.05, 0.1) is 24.1 Å². The van der Waals surface area contributed by atoms with Crippen LogP contribution < -0.4 is 4.74 Å². The summed E-state index contributed by atoms with van der Waals surface area (Å²) in [6.07, 6.45) is -0.703. The predicted molar refractivity (Wildman–Crippen MR) is 114 cm³/mol. The number of carbonyl (C=O) groups excluding carboxylic acids is 1. The molecule has 170 valence electrons. The highest BCUT2D eigenvalue weighted by Crippen LogP contribution is 2.32. The summed E-state index contributed by atoms with van der Waals surface area (Å²) in [6.45, 7) is 3.88. The van der Waals surface area contributed by atoms with Crippen LogP contribution in [0.15, 0.2) is 42.9 Å². The van der Waals surface area contributed by atoms with E-state index in [1.54, 1.807) is 6.20 Å². The van der Waals surface area contributed by atoms with Crippen LogP contribution >= 0.6 is 0 Å². The molecule has 3 aromatic rings. The molecule has 33 heavy (non-hydrogen) atoms. The molecule has 0 N–H and O–H groups in total. The van der Waals surface area contributed by atoms with E-state index in [0.717, 1.165) is 25.3 Å². The van der Waals surface area contributed by atoms with E-state index in [1.165, 1.54) is 18.5 Å². The summed E-state index contributed by atoms with van der Waals surface area (Å²) in [5.74, 6) is 4.39. The molecule has 9 heteroatoms. The van der Waals surface area contributed by atoms with Crippen LogP contribution in [0, 0.1) is 11.8 Å². The summed E-state index contributed by atoms with van der Waals surface area (Å²) in [7, 11) is 1.07. The number of benzene rings is 1. The quantitative estimate of drug-likeness (QED) is 0.408. The first-order valence-electron chi connectivity index (χ1n) is 10.0. The first-order valence-corrected chi connectivity index (χ1v) is 10.0. The lowest BCUT2D eigenvalue weighted by Crippen LogP contribution is -2.19. The highest BCUT2D eigenvalue weighted by Gasteiger charge is 2.33. The molecular formula is C24H20F3N3O3. The molecule has 0 radical (unpaired) electrons. The van der Waals surface area contributed by atoms with Crippen LogP contribution in [-0.2, 0) is 17.6 Å². The highest BCUT2D eigenvalue weighted by atomic mass is 19.4. The maximum atomic E-state index is 13.0. The Kier molecular flexibility index (Phi) is 7.28. The molecule has 0 bridgehead atoms. The molecule has 0 aliphatic rings. The highest BCUT2D eigenvalue weighted by molar-refractivity contribution is 5.93. The van der Waals surface area contributed by atoms with Gasteiger partial charge in [0, 0.05) is 23.0 Å². The molecule has 0 spiro atoms. The largest absolute Gasteiger partial charge is 0.573 e. The minimum atomic E-state index is -5.00. The molecular weight excluding hydrogens is 435 g/mol. The average Bonchev–Trinajstić information content (AvgIpc) is 2.81. The fourth-order valence-electron chi connectivity index (χ4n) is 3.04. The third-order valence-electron chi connectivity index (χ3n) is 4.67. The van der Waals surface area contributed by atoms with Crippen LogP contribution in [-0.4, -0.2) is 34.4 Å². The smallest absolute Gasteiger partial charge is 0.465 e. The second-order valence-electron chi connectivity index (χ2n) is 6.79. The molecule has 2 heterocycles. The number of methoxy groups -OCH3 is 1. The van der Waals surface area contributed by atoms with Gasteiger partial charge in [0.1, 0.15) is 17.6 Å². The Morgan fingerprint density at radius 3 is 2.42 bits per heavy atom. The zero-order valence-electron chi connectivity index (χ0n) is 18.2. The van der Waals surface area contributed by atoms with E-state index in [4.69, 9.17) is 0 Å². The van der Waals surface area contributed by atoms with Crippen molar-refractivity contribution in [1.29, 1.82) is 0 Å². The fourth-order valence-corrected chi connectivity index (χ4v) is 3.04. The van der Waals surface area contributed by atoms with Gasteiger partial charge in [-0.25, -0.2) is 14.8 Å². The lowest BCUT2D eigenvalue weighted by molar-refractivity contribution is -0.274. The van der Waals surface area contributed by atoms with Crippen LogP contribution in [0.25, 0.3) is 11.3 Å². The summed E-state index contributed by atoms with van der Waals surface area (Å²) < 4.78 is 47.5. The van der Waals surface area contributed by atoms with Crippen LogP contribution in [0.3, 0.4) is 0 Å². The monoisotopic (exact) mass is 455 g/mol. The minimum absolute atomic E-state index is 0.280. The van der Waals surface area contributed by atoms with Crippen molar-refractivity contribution in [2.24, 2.45) is 0 Å². The maximum Gasteiger partial charge on any atom is 0.573 e. The van der Waals surface area contributed by atoms with Gasteiger partial charge in [0.25, 0.3) is 0 Å². The Balaban J connectivity index is 2.12.